The van der Waals surface area contributed by atoms with Crippen LogP contribution in [0.1, 0.15) is 59.2 Å². The lowest BCUT2D eigenvalue weighted by Crippen LogP contribution is -2.59. The first-order valence-electron chi connectivity index (χ1n) is 9.19. The molecule has 4 heteroatoms. The van der Waals surface area contributed by atoms with E-state index in [4.69, 9.17) is 0 Å². The molecule has 1 aromatic rings. The van der Waals surface area contributed by atoms with E-state index < -0.39 is 0 Å². The molecule has 1 aromatic carbocycles. The second-order valence-electron chi connectivity index (χ2n) is 8.50. The van der Waals surface area contributed by atoms with Crippen molar-refractivity contribution in [2.75, 3.05) is 6.61 Å². The molecular weight excluding hydrogens is 302 g/mol. The Balaban J connectivity index is 1.54. The molecule has 1 N–H and O–H groups in total. The number of hydrogen-bond acceptors (Lipinski definition) is 3. The summed E-state index contributed by atoms with van der Waals surface area (Å²) in [4.78, 5) is 27.2. The smallest absolute Gasteiger partial charge is 0.261 e. The number of nitrogens with zero attached hydrogens (tertiary/aromatic N) is 1. The van der Waals surface area contributed by atoms with Gasteiger partial charge in [0.05, 0.1) is 23.8 Å². The van der Waals surface area contributed by atoms with Crippen LogP contribution in [0.15, 0.2) is 24.3 Å². The molecule has 126 valence electrons. The van der Waals surface area contributed by atoms with Crippen LogP contribution in [-0.2, 0) is 0 Å². The lowest BCUT2D eigenvalue weighted by atomic mass is 9.47. The normalized spacial score (nSPS) is 37.9. The van der Waals surface area contributed by atoms with Gasteiger partial charge < -0.3 is 5.11 Å². The molecule has 0 aromatic heterocycles. The van der Waals surface area contributed by atoms with E-state index >= 15 is 0 Å². The van der Waals surface area contributed by atoms with E-state index in [0.29, 0.717) is 11.1 Å². The Kier molecular flexibility index (Phi) is 3.00. The molecule has 24 heavy (non-hydrogen) atoms. The summed E-state index contributed by atoms with van der Waals surface area (Å²) in [6.45, 7) is -0.113. The van der Waals surface area contributed by atoms with Gasteiger partial charge in [-0.15, -0.1) is 0 Å². The standard InChI is InChI=1S/C20H23NO3/c22-11-17(20-8-12-5-13(9-20)7-14(6-12)10-20)21-18(23)15-3-1-2-4-16(15)19(21)24/h1-4,12-14,17,22H,5-11H2. The number of benzene rings is 1. The van der Waals surface area contributed by atoms with E-state index in [1.54, 1.807) is 24.3 Å². The number of fused-ring (bicyclic) bond motifs is 1. The lowest BCUT2D eigenvalue weighted by molar-refractivity contribution is -0.0989. The number of aliphatic hydroxyl groups is 1. The van der Waals surface area contributed by atoms with Crippen molar-refractivity contribution >= 4 is 11.8 Å². The highest BCUT2D eigenvalue weighted by atomic mass is 16.3. The van der Waals surface area contributed by atoms with Gasteiger partial charge in [-0.2, -0.15) is 0 Å². The molecule has 4 saturated carbocycles. The van der Waals surface area contributed by atoms with Crippen molar-refractivity contribution in [1.82, 2.24) is 4.90 Å². The minimum absolute atomic E-state index is 0.0587. The predicted molar refractivity (Wildman–Crippen MR) is 88.4 cm³/mol. The van der Waals surface area contributed by atoms with Crippen LogP contribution in [-0.4, -0.2) is 34.5 Å². The van der Waals surface area contributed by atoms with Crippen LogP contribution in [0, 0.1) is 23.2 Å². The van der Waals surface area contributed by atoms with E-state index in [1.807, 2.05) is 0 Å². The summed E-state index contributed by atoms with van der Waals surface area (Å²) < 4.78 is 0. The second kappa shape index (κ2) is 4.92. The Hall–Kier alpha value is -1.68. The molecule has 0 radical (unpaired) electrons. The van der Waals surface area contributed by atoms with Crippen molar-refractivity contribution in [3.63, 3.8) is 0 Å². The van der Waals surface area contributed by atoms with E-state index in [9.17, 15) is 14.7 Å². The number of rotatable bonds is 3. The van der Waals surface area contributed by atoms with Crippen molar-refractivity contribution in [1.29, 1.82) is 0 Å². The maximum absolute atomic E-state index is 12.9. The fraction of sp³-hybridized carbons (Fsp3) is 0.600. The molecule has 5 aliphatic rings. The number of carbonyl (C=O) groups is 2. The predicted octanol–water partition coefficient (Wildman–Crippen LogP) is 2.86. The monoisotopic (exact) mass is 325 g/mol. The molecule has 6 rings (SSSR count). The number of hydrogen-bond donors (Lipinski definition) is 1. The van der Waals surface area contributed by atoms with Crippen molar-refractivity contribution in [3.05, 3.63) is 35.4 Å². The summed E-state index contributed by atoms with van der Waals surface area (Å²) >= 11 is 0. The maximum Gasteiger partial charge on any atom is 0.261 e. The maximum atomic E-state index is 12.9. The summed E-state index contributed by atoms with van der Waals surface area (Å²) in [6, 6.07) is 6.68. The van der Waals surface area contributed by atoms with Crippen LogP contribution in [0.2, 0.25) is 0 Å². The van der Waals surface area contributed by atoms with Gasteiger partial charge in [0.15, 0.2) is 0 Å². The molecular formula is C20H23NO3. The minimum atomic E-state index is -0.363. The summed E-state index contributed by atoms with van der Waals surface area (Å²) in [5, 5.41) is 10.2. The zero-order valence-corrected chi connectivity index (χ0v) is 13.8. The average molecular weight is 325 g/mol. The molecule has 4 nitrogen and oxygen atoms in total. The third-order valence-electron chi connectivity index (χ3n) is 7.10. The number of carbonyl (C=O) groups excluding carboxylic acids is 2. The Bertz CT molecular complexity index is 655. The SMILES string of the molecule is O=C1c2ccccc2C(=O)N1C(CO)C12CC3CC(CC(C3)C1)C2. The minimum Gasteiger partial charge on any atom is -0.394 e. The van der Waals surface area contributed by atoms with E-state index in [2.05, 4.69) is 0 Å². The molecule has 4 bridgehead atoms. The zero-order chi connectivity index (χ0) is 16.5. The zero-order valence-electron chi connectivity index (χ0n) is 13.8. The fourth-order valence-electron chi connectivity index (χ4n) is 6.63. The Labute approximate surface area is 141 Å². The third-order valence-corrected chi connectivity index (χ3v) is 7.10. The van der Waals surface area contributed by atoms with Crippen LogP contribution in [0.4, 0.5) is 0 Å². The summed E-state index contributed by atoms with van der Waals surface area (Å²) in [5.74, 6) is 1.73. The number of amides is 2. The molecule has 1 aliphatic heterocycles. The molecule has 4 aliphatic carbocycles. The van der Waals surface area contributed by atoms with Gasteiger partial charge in [0.2, 0.25) is 0 Å². The Morgan fingerprint density at radius 1 is 0.958 bits per heavy atom. The van der Waals surface area contributed by atoms with E-state index in [-0.39, 0.29) is 29.9 Å². The van der Waals surface area contributed by atoms with Gasteiger partial charge in [0.25, 0.3) is 11.8 Å². The quantitative estimate of drug-likeness (QED) is 0.870. The van der Waals surface area contributed by atoms with E-state index in [1.165, 1.54) is 24.2 Å². The molecule has 1 atom stereocenters. The third kappa shape index (κ3) is 1.83. The van der Waals surface area contributed by atoms with E-state index in [0.717, 1.165) is 37.0 Å². The molecule has 2 amide bonds. The second-order valence-corrected chi connectivity index (χ2v) is 8.50. The molecule has 1 unspecified atom stereocenters. The van der Waals surface area contributed by atoms with Gasteiger partial charge in [-0.1, -0.05) is 12.1 Å². The molecule has 4 fully saturated rings. The molecule has 0 spiro atoms. The van der Waals surface area contributed by atoms with Crippen molar-refractivity contribution < 1.29 is 14.7 Å². The summed E-state index contributed by atoms with van der Waals surface area (Å²) in [6.07, 6.45) is 7.12. The van der Waals surface area contributed by atoms with Crippen LogP contribution < -0.4 is 0 Å². The first kappa shape index (κ1) is 14.6. The van der Waals surface area contributed by atoms with Crippen LogP contribution in [0.5, 0.6) is 0 Å². The topological polar surface area (TPSA) is 57.6 Å². The largest absolute Gasteiger partial charge is 0.394 e. The van der Waals surface area contributed by atoms with Crippen LogP contribution in [0.3, 0.4) is 0 Å². The Morgan fingerprint density at radius 3 is 1.83 bits per heavy atom. The highest BCUT2D eigenvalue weighted by Gasteiger charge is 2.57. The number of imide groups is 1. The average Bonchev–Trinajstić information content (AvgIpc) is 2.80. The van der Waals surface area contributed by atoms with Crippen molar-refractivity contribution in [2.45, 2.75) is 44.6 Å². The fourth-order valence-corrected chi connectivity index (χ4v) is 6.63. The molecule has 1 heterocycles. The van der Waals surface area contributed by atoms with Crippen LogP contribution >= 0.6 is 0 Å². The van der Waals surface area contributed by atoms with Gasteiger partial charge >= 0.3 is 0 Å². The summed E-state index contributed by atoms with van der Waals surface area (Å²) in [5.41, 5.74) is 0.924. The number of aliphatic hydroxyl groups excluding tert-OH is 1. The highest BCUT2D eigenvalue weighted by Crippen LogP contribution is 2.62. The molecule has 0 saturated heterocycles. The highest BCUT2D eigenvalue weighted by molar-refractivity contribution is 6.21. The summed E-state index contributed by atoms with van der Waals surface area (Å²) in [7, 11) is 0. The van der Waals surface area contributed by atoms with Crippen LogP contribution in [0.25, 0.3) is 0 Å². The van der Waals surface area contributed by atoms with Gasteiger partial charge in [-0.3, -0.25) is 14.5 Å². The van der Waals surface area contributed by atoms with Crippen molar-refractivity contribution in [3.8, 4) is 0 Å². The van der Waals surface area contributed by atoms with Gasteiger partial charge in [-0.25, -0.2) is 0 Å². The Morgan fingerprint density at radius 2 is 1.42 bits per heavy atom. The first-order valence-corrected chi connectivity index (χ1v) is 9.19. The van der Waals surface area contributed by atoms with Crippen molar-refractivity contribution in [2.24, 2.45) is 23.2 Å². The lowest BCUT2D eigenvalue weighted by Gasteiger charge is -2.60. The van der Waals surface area contributed by atoms with Gasteiger partial charge in [0, 0.05) is 0 Å². The van der Waals surface area contributed by atoms with Gasteiger partial charge in [0.1, 0.15) is 0 Å². The first-order chi connectivity index (χ1) is 11.6. The van der Waals surface area contributed by atoms with Gasteiger partial charge in [-0.05, 0) is 73.8 Å².